The van der Waals surface area contributed by atoms with Gasteiger partial charge in [-0.1, -0.05) is 15.9 Å². The van der Waals surface area contributed by atoms with Crippen LogP contribution in [0.25, 0.3) is 11.3 Å². The highest BCUT2D eigenvalue weighted by atomic mass is 79.9. The molecule has 0 spiro atoms. The zero-order valence-corrected chi connectivity index (χ0v) is 17.0. The van der Waals surface area contributed by atoms with Crippen molar-refractivity contribution in [1.29, 1.82) is 0 Å². The van der Waals surface area contributed by atoms with E-state index in [1.54, 1.807) is 18.4 Å². The van der Waals surface area contributed by atoms with Crippen molar-refractivity contribution < 1.29 is 9.47 Å². The monoisotopic (exact) mass is 430 g/mol. The minimum atomic E-state index is 0.669. The van der Waals surface area contributed by atoms with Gasteiger partial charge in [0.1, 0.15) is 11.5 Å². The van der Waals surface area contributed by atoms with Crippen LogP contribution >= 0.6 is 27.3 Å². The van der Waals surface area contributed by atoms with Crippen LogP contribution in [0.5, 0.6) is 11.5 Å². The Morgan fingerprint density at radius 2 is 1.96 bits per heavy atom. The van der Waals surface area contributed by atoms with E-state index < -0.39 is 0 Å². The lowest BCUT2D eigenvalue weighted by Gasteiger charge is -2.19. The molecule has 3 aromatic rings. The maximum atomic E-state index is 5.60. The van der Waals surface area contributed by atoms with Gasteiger partial charge in [-0.3, -0.25) is 0 Å². The Bertz CT molecular complexity index is 938. The first-order chi connectivity index (χ1) is 12.7. The molecule has 134 valence electrons. The van der Waals surface area contributed by atoms with Crippen LogP contribution in [0, 0.1) is 0 Å². The van der Waals surface area contributed by atoms with E-state index in [9.17, 15) is 0 Å². The second kappa shape index (κ2) is 7.29. The van der Waals surface area contributed by atoms with Gasteiger partial charge in [0, 0.05) is 20.6 Å². The summed E-state index contributed by atoms with van der Waals surface area (Å²) in [7, 11) is 1.71. The number of methoxy groups -OCH3 is 1. The fourth-order valence-corrected chi connectivity index (χ4v) is 4.72. The fraction of sp³-hybridized carbons (Fsp3) is 0.250. The number of halogens is 1. The zero-order chi connectivity index (χ0) is 18.1. The maximum absolute atomic E-state index is 5.60. The Morgan fingerprint density at radius 3 is 2.69 bits per heavy atom. The summed E-state index contributed by atoms with van der Waals surface area (Å²) in [4.78, 5) is 6.17. The molecule has 1 aliphatic carbocycles. The SMILES string of the molecule is CCOc1ccc(Nc2nc3c(s2)CCc2c(Br)ccc(OC)c2-3)cc1. The number of thiazole rings is 1. The number of ether oxygens (including phenoxy) is 2. The highest BCUT2D eigenvalue weighted by Gasteiger charge is 2.26. The molecule has 1 aliphatic rings. The van der Waals surface area contributed by atoms with Gasteiger partial charge in [-0.2, -0.15) is 0 Å². The molecule has 0 unspecified atom stereocenters. The average Bonchev–Trinajstić information content (AvgIpc) is 3.06. The van der Waals surface area contributed by atoms with Crippen molar-refractivity contribution in [3.05, 3.63) is 51.3 Å². The van der Waals surface area contributed by atoms with Crippen LogP contribution in [0.1, 0.15) is 17.4 Å². The van der Waals surface area contributed by atoms with Crippen molar-refractivity contribution in [3.8, 4) is 22.8 Å². The second-order valence-corrected chi connectivity index (χ2v) is 7.91. The van der Waals surface area contributed by atoms with E-state index in [1.807, 2.05) is 43.3 Å². The van der Waals surface area contributed by atoms with Gasteiger partial charge < -0.3 is 14.8 Å². The summed E-state index contributed by atoms with van der Waals surface area (Å²) < 4.78 is 12.2. The van der Waals surface area contributed by atoms with Gasteiger partial charge in [-0.25, -0.2) is 4.98 Å². The van der Waals surface area contributed by atoms with Crippen molar-refractivity contribution in [1.82, 2.24) is 4.98 Å². The molecule has 26 heavy (non-hydrogen) atoms. The minimum absolute atomic E-state index is 0.669. The molecule has 6 heteroatoms. The van der Waals surface area contributed by atoms with Gasteiger partial charge in [-0.15, -0.1) is 11.3 Å². The third-order valence-electron chi connectivity index (χ3n) is 4.39. The van der Waals surface area contributed by atoms with E-state index in [0.29, 0.717) is 6.61 Å². The standard InChI is InChI=1S/C20H19BrN2O2S/c1-3-25-13-6-4-12(5-7-13)22-20-23-19-17(26-20)11-8-14-15(21)9-10-16(24-2)18(14)19/h4-7,9-10H,3,8,11H2,1-2H3,(H,22,23). The van der Waals surface area contributed by atoms with Crippen LogP contribution in [0.3, 0.4) is 0 Å². The van der Waals surface area contributed by atoms with Crippen molar-refractivity contribution in [2.75, 3.05) is 19.0 Å². The van der Waals surface area contributed by atoms with Gasteiger partial charge in [-0.05, 0) is 61.7 Å². The first-order valence-electron chi connectivity index (χ1n) is 8.55. The molecule has 0 saturated carbocycles. The molecule has 0 radical (unpaired) electrons. The van der Waals surface area contributed by atoms with Crippen LogP contribution in [0.15, 0.2) is 40.9 Å². The number of nitrogens with zero attached hydrogens (tertiary/aromatic N) is 1. The topological polar surface area (TPSA) is 43.4 Å². The van der Waals surface area contributed by atoms with E-state index in [4.69, 9.17) is 14.5 Å². The molecule has 4 rings (SSSR count). The van der Waals surface area contributed by atoms with Gasteiger partial charge in [0.15, 0.2) is 5.13 Å². The minimum Gasteiger partial charge on any atom is -0.496 e. The smallest absolute Gasteiger partial charge is 0.187 e. The number of benzene rings is 2. The van der Waals surface area contributed by atoms with E-state index in [2.05, 4.69) is 21.2 Å². The Morgan fingerprint density at radius 1 is 1.15 bits per heavy atom. The lowest BCUT2D eigenvalue weighted by atomic mass is 9.93. The van der Waals surface area contributed by atoms with Gasteiger partial charge in [0.05, 0.1) is 19.4 Å². The molecule has 1 N–H and O–H groups in total. The zero-order valence-electron chi connectivity index (χ0n) is 14.6. The van der Waals surface area contributed by atoms with E-state index in [1.165, 1.54) is 10.4 Å². The summed E-state index contributed by atoms with van der Waals surface area (Å²) in [6, 6.07) is 12.0. The Labute approximate surface area is 165 Å². The molecular formula is C20H19BrN2O2S. The van der Waals surface area contributed by atoms with Gasteiger partial charge >= 0.3 is 0 Å². The summed E-state index contributed by atoms with van der Waals surface area (Å²) in [5, 5.41) is 4.31. The summed E-state index contributed by atoms with van der Waals surface area (Å²) in [5.74, 6) is 1.75. The van der Waals surface area contributed by atoms with Crippen LogP contribution in [0.4, 0.5) is 10.8 Å². The number of hydrogen-bond donors (Lipinski definition) is 1. The van der Waals surface area contributed by atoms with Crippen LogP contribution < -0.4 is 14.8 Å². The molecule has 0 amide bonds. The number of rotatable bonds is 5. The number of aromatic nitrogens is 1. The molecule has 0 saturated heterocycles. The van der Waals surface area contributed by atoms with Crippen molar-refractivity contribution in [3.63, 3.8) is 0 Å². The Hall–Kier alpha value is -2.05. The van der Waals surface area contributed by atoms with Crippen LogP contribution in [0.2, 0.25) is 0 Å². The molecular weight excluding hydrogens is 412 g/mol. The van der Waals surface area contributed by atoms with E-state index in [-0.39, 0.29) is 0 Å². The van der Waals surface area contributed by atoms with Crippen LogP contribution in [-0.2, 0) is 12.8 Å². The average molecular weight is 431 g/mol. The first kappa shape index (κ1) is 17.4. The highest BCUT2D eigenvalue weighted by Crippen LogP contribution is 2.45. The molecule has 4 nitrogen and oxygen atoms in total. The third-order valence-corrected chi connectivity index (χ3v) is 6.16. The molecule has 1 heterocycles. The fourth-order valence-electron chi connectivity index (χ4n) is 3.21. The summed E-state index contributed by atoms with van der Waals surface area (Å²) >= 11 is 5.38. The summed E-state index contributed by atoms with van der Waals surface area (Å²) in [5.41, 5.74) is 4.41. The van der Waals surface area contributed by atoms with Gasteiger partial charge in [0.2, 0.25) is 0 Å². The molecule has 0 fully saturated rings. The normalized spacial score (nSPS) is 12.3. The van der Waals surface area contributed by atoms with Crippen LogP contribution in [-0.4, -0.2) is 18.7 Å². The number of aryl methyl sites for hydroxylation is 1. The number of anilines is 2. The Balaban J connectivity index is 1.66. The van der Waals surface area contributed by atoms with Crippen molar-refractivity contribution in [2.45, 2.75) is 19.8 Å². The Kier molecular flexibility index (Phi) is 4.87. The molecule has 0 aliphatic heterocycles. The van der Waals surface area contributed by atoms with Crippen molar-refractivity contribution >= 4 is 38.1 Å². The molecule has 2 aromatic carbocycles. The number of nitrogens with one attached hydrogen (secondary N) is 1. The third kappa shape index (κ3) is 3.19. The van der Waals surface area contributed by atoms with Gasteiger partial charge in [0.25, 0.3) is 0 Å². The first-order valence-corrected chi connectivity index (χ1v) is 10.2. The summed E-state index contributed by atoms with van der Waals surface area (Å²) in [6.07, 6.45) is 1.99. The quantitative estimate of drug-likeness (QED) is 0.553. The maximum Gasteiger partial charge on any atom is 0.187 e. The predicted molar refractivity (Wildman–Crippen MR) is 110 cm³/mol. The lowest BCUT2D eigenvalue weighted by Crippen LogP contribution is -2.05. The second-order valence-electron chi connectivity index (χ2n) is 5.98. The largest absolute Gasteiger partial charge is 0.496 e. The summed E-state index contributed by atoms with van der Waals surface area (Å²) in [6.45, 7) is 2.65. The van der Waals surface area contributed by atoms with Crippen molar-refractivity contribution in [2.24, 2.45) is 0 Å². The number of hydrogen-bond acceptors (Lipinski definition) is 5. The lowest BCUT2D eigenvalue weighted by molar-refractivity contribution is 0.340. The molecule has 1 aromatic heterocycles. The highest BCUT2D eigenvalue weighted by molar-refractivity contribution is 9.10. The molecule has 0 bridgehead atoms. The van der Waals surface area contributed by atoms with E-state index in [0.717, 1.165) is 50.9 Å². The number of fused-ring (bicyclic) bond motifs is 3. The molecule has 0 atom stereocenters. The predicted octanol–water partition coefficient (Wildman–Crippen LogP) is 5.82. The van der Waals surface area contributed by atoms with E-state index >= 15 is 0 Å².